The number of carbonyl (C=O) groups excluding carboxylic acids is 1. The molecule has 0 unspecified atom stereocenters. The van der Waals surface area contributed by atoms with Gasteiger partial charge in [-0.2, -0.15) is 0 Å². The molecule has 1 aromatic heterocycles. The summed E-state index contributed by atoms with van der Waals surface area (Å²) in [6.07, 6.45) is 10.5. The minimum Gasteiger partial charge on any atom is -0.338 e. The first-order valence-corrected chi connectivity index (χ1v) is 6.87. The highest BCUT2D eigenvalue weighted by molar-refractivity contribution is 5.85. The number of hydrogen-bond donors (Lipinski definition) is 1. The van der Waals surface area contributed by atoms with E-state index in [9.17, 15) is 4.79 Å². The summed E-state index contributed by atoms with van der Waals surface area (Å²) in [6.45, 7) is 0.506. The number of hydrogen-bond acceptors (Lipinski definition) is 3. The van der Waals surface area contributed by atoms with Gasteiger partial charge in [-0.15, -0.1) is 0 Å². The third-order valence-corrected chi connectivity index (χ3v) is 4.29. The van der Waals surface area contributed by atoms with Gasteiger partial charge in [0, 0.05) is 44.2 Å². The fraction of sp³-hybridized carbons (Fsp3) is 0.714. The van der Waals surface area contributed by atoms with Crippen LogP contribution >= 0.6 is 0 Å². The highest BCUT2D eigenvalue weighted by Gasteiger charge is 2.37. The molecule has 1 aliphatic rings. The lowest BCUT2D eigenvalue weighted by Gasteiger charge is -2.34. The lowest BCUT2D eigenvalue weighted by atomic mass is 9.70. The number of nitrogens with two attached hydrogens (primary N) is 1. The van der Waals surface area contributed by atoms with Crippen LogP contribution in [0.15, 0.2) is 12.4 Å². The molecule has 0 aliphatic heterocycles. The summed E-state index contributed by atoms with van der Waals surface area (Å²) in [7, 11) is 1.96. The normalized spacial score (nSPS) is 18.8. The number of aryl methyl sites for hydroxylation is 2. The van der Waals surface area contributed by atoms with Gasteiger partial charge < -0.3 is 10.3 Å². The molecule has 2 rings (SSSR count). The Balaban J connectivity index is 1.96. The second kappa shape index (κ2) is 5.65. The van der Waals surface area contributed by atoms with Crippen LogP contribution in [0.25, 0.3) is 0 Å². The first-order chi connectivity index (χ1) is 8.68. The molecule has 1 heterocycles. The average molecular weight is 249 g/mol. The molecule has 0 bridgehead atoms. The molecule has 0 atom stereocenters. The van der Waals surface area contributed by atoms with E-state index in [2.05, 4.69) is 4.98 Å². The standard InChI is InChI=1S/C14H23N3O/c1-17-10-9-16-13(17)6-5-12(18)14(11-15)7-3-2-4-8-14/h9-10H,2-8,11,15H2,1H3. The molecule has 1 fully saturated rings. The van der Waals surface area contributed by atoms with Gasteiger partial charge in [0.25, 0.3) is 0 Å². The number of Topliss-reactive ketones (excluding diaryl/α,β-unsaturated/α-hetero) is 1. The van der Waals surface area contributed by atoms with E-state index in [1.807, 2.05) is 17.8 Å². The Morgan fingerprint density at radius 2 is 2.17 bits per heavy atom. The van der Waals surface area contributed by atoms with Crippen LogP contribution in [0.5, 0.6) is 0 Å². The van der Waals surface area contributed by atoms with Crippen LogP contribution < -0.4 is 5.73 Å². The molecule has 0 saturated heterocycles. The van der Waals surface area contributed by atoms with Crippen molar-refractivity contribution in [2.24, 2.45) is 18.2 Å². The van der Waals surface area contributed by atoms with E-state index in [0.29, 0.717) is 18.7 Å². The predicted molar refractivity (Wildman–Crippen MR) is 71.1 cm³/mol. The summed E-state index contributed by atoms with van der Waals surface area (Å²) in [5.41, 5.74) is 5.64. The Labute approximate surface area is 109 Å². The number of carbonyl (C=O) groups is 1. The van der Waals surface area contributed by atoms with Crippen molar-refractivity contribution < 1.29 is 4.79 Å². The van der Waals surface area contributed by atoms with E-state index >= 15 is 0 Å². The number of aromatic nitrogens is 2. The quantitative estimate of drug-likeness (QED) is 0.866. The molecular weight excluding hydrogens is 226 g/mol. The highest BCUT2D eigenvalue weighted by Crippen LogP contribution is 2.37. The zero-order valence-corrected chi connectivity index (χ0v) is 11.2. The Bertz CT molecular complexity index is 405. The van der Waals surface area contributed by atoms with Gasteiger partial charge in [-0.3, -0.25) is 4.79 Å². The minimum absolute atomic E-state index is 0.233. The molecule has 2 N–H and O–H groups in total. The van der Waals surface area contributed by atoms with Crippen molar-refractivity contribution in [3.05, 3.63) is 18.2 Å². The Hall–Kier alpha value is -1.16. The Morgan fingerprint density at radius 3 is 2.72 bits per heavy atom. The second-order valence-corrected chi connectivity index (χ2v) is 5.42. The van der Waals surface area contributed by atoms with Gasteiger partial charge in [-0.25, -0.2) is 4.98 Å². The third kappa shape index (κ3) is 2.64. The van der Waals surface area contributed by atoms with E-state index in [1.54, 1.807) is 6.20 Å². The van der Waals surface area contributed by atoms with Crippen LogP contribution in [-0.2, 0) is 18.3 Å². The molecule has 4 nitrogen and oxygen atoms in total. The van der Waals surface area contributed by atoms with Crippen molar-refractivity contribution in [3.63, 3.8) is 0 Å². The molecule has 0 amide bonds. The molecule has 1 saturated carbocycles. The van der Waals surface area contributed by atoms with Crippen LogP contribution in [0, 0.1) is 5.41 Å². The summed E-state index contributed by atoms with van der Waals surface area (Å²) >= 11 is 0. The largest absolute Gasteiger partial charge is 0.338 e. The molecule has 0 aromatic carbocycles. The van der Waals surface area contributed by atoms with Gasteiger partial charge in [-0.1, -0.05) is 19.3 Å². The molecule has 1 aliphatic carbocycles. The predicted octanol–water partition coefficient (Wildman–Crippen LogP) is 1.83. The monoisotopic (exact) mass is 249 g/mol. The lowest BCUT2D eigenvalue weighted by Crippen LogP contribution is -2.40. The number of nitrogens with zero attached hydrogens (tertiary/aromatic N) is 2. The number of rotatable bonds is 5. The zero-order valence-electron chi connectivity index (χ0n) is 11.2. The van der Waals surface area contributed by atoms with E-state index in [4.69, 9.17) is 5.73 Å². The molecule has 1 aromatic rings. The number of ketones is 1. The van der Waals surface area contributed by atoms with E-state index in [-0.39, 0.29) is 5.41 Å². The fourth-order valence-corrected chi connectivity index (χ4v) is 2.95. The Morgan fingerprint density at radius 1 is 1.44 bits per heavy atom. The summed E-state index contributed by atoms with van der Waals surface area (Å²) in [5, 5.41) is 0. The van der Waals surface area contributed by atoms with Gasteiger partial charge in [0.15, 0.2) is 0 Å². The van der Waals surface area contributed by atoms with E-state index in [0.717, 1.165) is 37.9 Å². The van der Waals surface area contributed by atoms with Crippen LogP contribution in [0.4, 0.5) is 0 Å². The average Bonchev–Trinajstić information content (AvgIpc) is 2.82. The van der Waals surface area contributed by atoms with Crippen molar-refractivity contribution in [1.82, 2.24) is 9.55 Å². The fourth-order valence-electron chi connectivity index (χ4n) is 2.95. The first kappa shape index (κ1) is 13.3. The lowest BCUT2D eigenvalue weighted by molar-refractivity contribution is -0.130. The molecule has 0 radical (unpaired) electrons. The maximum absolute atomic E-state index is 12.4. The van der Waals surface area contributed by atoms with Crippen molar-refractivity contribution in [2.45, 2.75) is 44.9 Å². The highest BCUT2D eigenvalue weighted by atomic mass is 16.1. The molecular formula is C14H23N3O. The summed E-state index contributed by atoms with van der Waals surface area (Å²) in [6, 6.07) is 0. The maximum Gasteiger partial charge on any atom is 0.140 e. The van der Waals surface area contributed by atoms with Crippen LogP contribution in [0.3, 0.4) is 0 Å². The second-order valence-electron chi connectivity index (χ2n) is 5.42. The summed E-state index contributed by atoms with van der Waals surface area (Å²) in [4.78, 5) is 16.7. The van der Waals surface area contributed by atoms with Crippen molar-refractivity contribution in [2.75, 3.05) is 6.54 Å². The van der Waals surface area contributed by atoms with Crippen LogP contribution in [0.1, 0.15) is 44.3 Å². The summed E-state index contributed by atoms with van der Waals surface area (Å²) in [5.74, 6) is 1.32. The third-order valence-electron chi connectivity index (χ3n) is 4.29. The number of imidazole rings is 1. The van der Waals surface area contributed by atoms with Gasteiger partial charge in [0.2, 0.25) is 0 Å². The van der Waals surface area contributed by atoms with Crippen molar-refractivity contribution >= 4 is 5.78 Å². The molecule has 100 valence electrons. The maximum atomic E-state index is 12.4. The summed E-state index contributed by atoms with van der Waals surface area (Å²) < 4.78 is 1.98. The Kier molecular flexibility index (Phi) is 4.17. The van der Waals surface area contributed by atoms with Crippen molar-refractivity contribution in [1.29, 1.82) is 0 Å². The van der Waals surface area contributed by atoms with Gasteiger partial charge >= 0.3 is 0 Å². The SMILES string of the molecule is Cn1ccnc1CCC(=O)C1(CN)CCCCC1. The molecule has 4 heteroatoms. The van der Waals surface area contributed by atoms with Crippen molar-refractivity contribution in [3.8, 4) is 0 Å². The van der Waals surface area contributed by atoms with E-state index in [1.165, 1.54) is 6.42 Å². The first-order valence-electron chi connectivity index (χ1n) is 6.87. The molecule has 0 spiro atoms. The zero-order chi connectivity index (χ0) is 13.0. The van der Waals surface area contributed by atoms with Gasteiger partial charge in [0.1, 0.15) is 11.6 Å². The van der Waals surface area contributed by atoms with Gasteiger partial charge in [0.05, 0.1) is 0 Å². The van der Waals surface area contributed by atoms with Crippen LogP contribution in [0.2, 0.25) is 0 Å². The van der Waals surface area contributed by atoms with Crippen LogP contribution in [-0.4, -0.2) is 21.9 Å². The minimum atomic E-state index is -0.233. The van der Waals surface area contributed by atoms with Gasteiger partial charge in [-0.05, 0) is 12.8 Å². The van der Waals surface area contributed by atoms with E-state index < -0.39 is 0 Å². The molecule has 18 heavy (non-hydrogen) atoms. The smallest absolute Gasteiger partial charge is 0.140 e. The topological polar surface area (TPSA) is 60.9 Å².